The van der Waals surface area contributed by atoms with Crippen LogP contribution in [-0.4, -0.2) is 29.4 Å². The van der Waals surface area contributed by atoms with Gasteiger partial charge in [0.05, 0.1) is 0 Å². The lowest BCUT2D eigenvalue weighted by Crippen LogP contribution is -2.44. The molecule has 0 saturated heterocycles. The molecule has 3 heteroatoms. The van der Waals surface area contributed by atoms with Gasteiger partial charge in [-0.1, -0.05) is 25.1 Å². The molecular weight excluding hydrogens is 236 g/mol. The molecule has 1 aromatic rings. The largest absolute Gasteiger partial charge is 0.336 e. The number of nitrogens with zero attached hydrogens (tertiary/aromatic N) is 1. The van der Waals surface area contributed by atoms with E-state index in [0.29, 0.717) is 12.1 Å². The highest BCUT2D eigenvalue weighted by Crippen LogP contribution is 2.23. The van der Waals surface area contributed by atoms with Crippen molar-refractivity contribution in [1.82, 2.24) is 4.90 Å². The minimum absolute atomic E-state index is 0.169. The van der Waals surface area contributed by atoms with Crippen molar-refractivity contribution in [3.63, 3.8) is 0 Å². The van der Waals surface area contributed by atoms with E-state index in [1.54, 1.807) is 0 Å². The lowest BCUT2D eigenvalue weighted by Gasteiger charge is -2.36. The van der Waals surface area contributed by atoms with Gasteiger partial charge in [-0.05, 0) is 44.2 Å². The zero-order valence-electron chi connectivity index (χ0n) is 11.7. The minimum Gasteiger partial charge on any atom is -0.336 e. The van der Waals surface area contributed by atoms with Gasteiger partial charge in [0.25, 0.3) is 5.91 Å². The topological polar surface area (TPSA) is 46.3 Å². The summed E-state index contributed by atoms with van der Waals surface area (Å²) >= 11 is 0. The Kier molecular flexibility index (Phi) is 4.97. The van der Waals surface area contributed by atoms with Crippen molar-refractivity contribution < 1.29 is 4.79 Å². The average molecular weight is 260 g/mol. The number of hydrogen-bond acceptors (Lipinski definition) is 2. The molecule has 1 aliphatic rings. The van der Waals surface area contributed by atoms with Gasteiger partial charge in [0.15, 0.2) is 0 Å². The van der Waals surface area contributed by atoms with Crippen LogP contribution in [0.1, 0.15) is 49.4 Å². The van der Waals surface area contributed by atoms with E-state index in [4.69, 9.17) is 5.73 Å². The molecule has 0 bridgehead atoms. The van der Waals surface area contributed by atoms with Gasteiger partial charge in [-0.2, -0.15) is 0 Å². The van der Waals surface area contributed by atoms with Crippen molar-refractivity contribution in [3.8, 4) is 0 Å². The first-order chi connectivity index (χ1) is 9.22. The van der Waals surface area contributed by atoms with Gasteiger partial charge in [-0.3, -0.25) is 4.79 Å². The monoisotopic (exact) mass is 260 g/mol. The molecule has 19 heavy (non-hydrogen) atoms. The Hall–Kier alpha value is -1.35. The normalized spacial score (nSPS) is 23.1. The van der Waals surface area contributed by atoms with Crippen molar-refractivity contribution in [3.05, 3.63) is 35.9 Å². The highest BCUT2D eigenvalue weighted by molar-refractivity contribution is 5.94. The molecule has 0 aliphatic heterocycles. The Morgan fingerprint density at radius 2 is 1.84 bits per heavy atom. The quantitative estimate of drug-likeness (QED) is 0.905. The molecule has 1 amide bonds. The fraction of sp³-hybridized carbons (Fsp3) is 0.562. The summed E-state index contributed by atoms with van der Waals surface area (Å²) in [5, 5.41) is 0. The van der Waals surface area contributed by atoms with Crippen LogP contribution in [0.4, 0.5) is 0 Å². The lowest BCUT2D eigenvalue weighted by atomic mass is 9.90. The summed E-state index contributed by atoms with van der Waals surface area (Å²) in [7, 11) is 0. The first kappa shape index (κ1) is 14.1. The Bertz CT molecular complexity index is 396. The summed E-state index contributed by atoms with van der Waals surface area (Å²) < 4.78 is 0. The van der Waals surface area contributed by atoms with Crippen LogP contribution < -0.4 is 5.73 Å². The van der Waals surface area contributed by atoms with Crippen LogP contribution in [0, 0.1) is 0 Å². The summed E-state index contributed by atoms with van der Waals surface area (Å²) in [6.45, 7) is 2.97. The Morgan fingerprint density at radius 3 is 2.42 bits per heavy atom. The highest BCUT2D eigenvalue weighted by Gasteiger charge is 2.27. The molecule has 0 aromatic heterocycles. The zero-order valence-corrected chi connectivity index (χ0v) is 11.7. The van der Waals surface area contributed by atoms with Crippen LogP contribution >= 0.6 is 0 Å². The third kappa shape index (κ3) is 3.57. The third-order valence-corrected chi connectivity index (χ3v) is 3.93. The number of carbonyl (C=O) groups excluding carboxylic acids is 1. The van der Waals surface area contributed by atoms with Gasteiger partial charge < -0.3 is 10.6 Å². The maximum Gasteiger partial charge on any atom is 0.254 e. The van der Waals surface area contributed by atoms with E-state index in [1.807, 2.05) is 30.3 Å². The van der Waals surface area contributed by atoms with E-state index in [9.17, 15) is 4.79 Å². The first-order valence-electron chi connectivity index (χ1n) is 7.34. The number of carbonyl (C=O) groups is 1. The summed E-state index contributed by atoms with van der Waals surface area (Å²) in [4.78, 5) is 14.7. The fourth-order valence-electron chi connectivity index (χ4n) is 2.85. The molecule has 1 saturated carbocycles. The molecule has 0 radical (unpaired) electrons. The molecule has 2 N–H and O–H groups in total. The average Bonchev–Trinajstić information content (AvgIpc) is 2.46. The molecule has 104 valence electrons. The molecule has 0 unspecified atom stereocenters. The number of amides is 1. The van der Waals surface area contributed by atoms with E-state index in [2.05, 4.69) is 11.8 Å². The van der Waals surface area contributed by atoms with E-state index in [-0.39, 0.29) is 5.91 Å². The van der Waals surface area contributed by atoms with E-state index < -0.39 is 0 Å². The maximum atomic E-state index is 12.6. The minimum atomic E-state index is 0.169. The van der Waals surface area contributed by atoms with Crippen molar-refractivity contribution in [2.45, 2.75) is 51.1 Å². The Balaban J connectivity index is 2.09. The van der Waals surface area contributed by atoms with Crippen molar-refractivity contribution in [2.24, 2.45) is 5.73 Å². The predicted molar refractivity (Wildman–Crippen MR) is 78.0 cm³/mol. The molecule has 1 aliphatic carbocycles. The summed E-state index contributed by atoms with van der Waals surface area (Å²) in [6, 6.07) is 10.3. The lowest BCUT2D eigenvalue weighted by molar-refractivity contribution is 0.0626. The molecule has 0 atom stereocenters. The number of hydrogen-bond donors (Lipinski definition) is 1. The molecule has 0 spiro atoms. The molecule has 3 nitrogen and oxygen atoms in total. The van der Waals surface area contributed by atoms with Crippen molar-refractivity contribution in [1.29, 1.82) is 0 Å². The fourth-order valence-corrected chi connectivity index (χ4v) is 2.85. The number of nitrogens with two attached hydrogens (primary N) is 1. The summed E-state index contributed by atoms with van der Waals surface area (Å²) in [5.41, 5.74) is 6.75. The smallest absolute Gasteiger partial charge is 0.254 e. The zero-order chi connectivity index (χ0) is 13.7. The van der Waals surface area contributed by atoms with Crippen molar-refractivity contribution >= 4 is 5.91 Å². The second-order valence-corrected chi connectivity index (χ2v) is 5.43. The summed E-state index contributed by atoms with van der Waals surface area (Å²) in [6.07, 6.45) is 5.15. The molecule has 1 fully saturated rings. The van der Waals surface area contributed by atoms with Crippen molar-refractivity contribution in [2.75, 3.05) is 6.54 Å². The summed E-state index contributed by atoms with van der Waals surface area (Å²) in [5.74, 6) is 0.169. The molecular formula is C16H24N2O. The number of benzene rings is 1. The molecule has 2 rings (SSSR count). The molecule has 0 heterocycles. The van der Waals surface area contributed by atoms with Gasteiger partial charge in [-0.15, -0.1) is 0 Å². The van der Waals surface area contributed by atoms with Gasteiger partial charge >= 0.3 is 0 Å². The van der Waals surface area contributed by atoms with Crippen LogP contribution in [0.3, 0.4) is 0 Å². The first-order valence-corrected chi connectivity index (χ1v) is 7.34. The highest BCUT2D eigenvalue weighted by atomic mass is 16.2. The molecule has 1 aromatic carbocycles. The van der Waals surface area contributed by atoms with Gasteiger partial charge in [0.1, 0.15) is 0 Å². The second kappa shape index (κ2) is 6.71. The number of rotatable bonds is 4. The third-order valence-electron chi connectivity index (χ3n) is 3.93. The Labute approximate surface area is 115 Å². The van der Waals surface area contributed by atoms with E-state index in [1.165, 1.54) is 0 Å². The van der Waals surface area contributed by atoms with Gasteiger partial charge in [0, 0.05) is 24.2 Å². The maximum absolute atomic E-state index is 12.6. The predicted octanol–water partition coefficient (Wildman–Crippen LogP) is 2.81. The SMILES string of the molecule is CCCN(C(=O)c1ccccc1)C1CCC(N)CC1. The Morgan fingerprint density at radius 1 is 1.21 bits per heavy atom. The van der Waals surface area contributed by atoms with Crippen LogP contribution in [0.25, 0.3) is 0 Å². The van der Waals surface area contributed by atoms with E-state index in [0.717, 1.165) is 44.2 Å². The van der Waals surface area contributed by atoms with Crippen LogP contribution in [-0.2, 0) is 0 Å². The standard InChI is InChI=1S/C16H24N2O/c1-2-12-18(15-10-8-14(17)9-11-15)16(19)13-6-4-3-5-7-13/h3-7,14-15H,2,8-12,17H2,1H3. The van der Waals surface area contributed by atoms with Gasteiger partial charge in [0.2, 0.25) is 0 Å². The van der Waals surface area contributed by atoms with E-state index >= 15 is 0 Å². The van der Waals surface area contributed by atoms with Crippen LogP contribution in [0.15, 0.2) is 30.3 Å². The van der Waals surface area contributed by atoms with Gasteiger partial charge in [-0.25, -0.2) is 0 Å². The second-order valence-electron chi connectivity index (χ2n) is 5.43. The van der Waals surface area contributed by atoms with Crippen LogP contribution in [0.5, 0.6) is 0 Å². The van der Waals surface area contributed by atoms with Crippen LogP contribution in [0.2, 0.25) is 0 Å².